The summed E-state index contributed by atoms with van der Waals surface area (Å²) >= 11 is 0. The van der Waals surface area contributed by atoms with E-state index in [1.54, 1.807) is 6.08 Å². The van der Waals surface area contributed by atoms with Gasteiger partial charge in [0.25, 0.3) is 0 Å². The Morgan fingerprint density at radius 2 is 1.57 bits per heavy atom. The molecule has 0 aromatic rings. The Morgan fingerprint density at radius 3 is 2.21 bits per heavy atom. The van der Waals surface area contributed by atoms with Crippen LogP contribution in [0.15, 0.2) is 49.1 Å². The SMILES string of the molecule is C=CC=CCC=CCC=CCCCC. The summed E-state index contributed by atoms with van der Waals surface area (Å²) in [5.74, 6) is 0. The summed E-state index contributed by atoms with van der Waals surface area (Å²) in [7, 11) is 0. The molecule has 0 aromatic heterocycles. The van der Waals surface area contributed by atoms with Crippen LogP contribution in [-0.2, 0) is 0 Å². The van der Waals surface area contributed by atoms with Crippen LogP contribution in [0.1, 0.15) is 39.0 Å². The van der Waals surface area contributed by atoms with Gasteiger partial charge in [-0.05, 0) is 19.3 Å². The molecule has 0 aliphatic heterocycles. The van der Waals surface area contributed by atoms with E-state index < -0.39 is 0 Å². The van der Waals surface area contributed by atoms with E-state index in [1.165, 1.54) is 19.3 Å². The van der Waals surface area contributed by atoms with E-state index >= 15 is 0 Å². The maximum absolute atomic E-state index is 3.61. The zero-order chi connectivity index (χ0) is 10.5. The van der Waals surface area contributed by atoms with Gasteiger partial charge in [0, 0.05) is 0 Å². The van der Waals surface area contributed by atoms with E-state index in [0.717, 1.165) is 12.8 Å². The summed E-state index contributed by atoms with van der Waals surface area (Å²) in [4.78, 5) is 0. The second kappa shape index (κ2) is 12.0. The third-order valence-corrected chi connectivity index (χ3v) is 1.87. The van der Waals surface area contributed by atoms with Crippen LogP contribution in [0.2, 0.25) is 0 Å². The van der Waals surface area contributed by atoms with Crippen molar-refractivity contribution in [1.82, 2.24) is 0 Å². The van der Waals surface area contributed by atoms with Crippen LogP contribution in [0.25, 0.3) is 0 Å². The fraction of sp³-hybridized carbons (Fsp3) is 0.429. The Morgan fingerprint density at radius 1 is 0.929 bits per heavy atom. The van der Waals surface area contributed by atoms with Gasteiger partial charge in [0.15, 0.2) is 0 Å². The molecular formula is C14H22. The van der Waals surface area contributed by atoms with Gasteiger partial charge in [0.05, 0.1) is 0 Å². The summed E-state index contributed by atoms with van der Waals surface area (Å²) in [6, 6.07) is 0. The van der Waals surface area contributed by atoms with Gasteiger partial charge in [-0.3, -0.25) is 0 Å². The predicted molar refractivity (Wildman–Crippen MR) is 66.4 cm³/mol. The molecule has 0 fully saturated rings. The monoisotopic (exact) mass is 190 g/mol. The van der Waals surface area contributed by atoms with Crippen molar-refractivity contribution < 1.29 is 0 Å². The molecule has 0 radical (unpaired) electrons. The van der Waals surface area contributed by atoms with E-state index in [0.29, 0.717) is 0 Å². The molecule has 0 unspecified atom stereocenters. The quantitative estimate of drug-likeness (QED) is 0.293. The number of rotatable bonds is 8. The fourth-order valence-corrected chi connectivity index (χ4v) is 1.06. The van der Waals surface area contributed by atoms with Gasteiger partial charge in [-0.1, -0.05) is 68.9 Å². The number of hydrogen-bond acceptors (Lipinski definition) is 0. The van der Waals surface area contributed by atoms with Crippen molar-refractivity contribution >= 4 is 0 Å². The largest absolute Gasteiger partial charge is 0.0991 e. The summed E-state index contributed by atoms with van der Waals surface area (Å²) in [6.07, 6.45) is 20.7. The molecule has 0 heterocycles. The lowest BCUT2D eigenvalue weighted by Gasteiger charge is -1.87. The Hall–Kier alpha value is -1.04. The van der Waals surface area contributed by atoms with Crippen LogP contribution >= 0.6 is 0 Å². The number of allylic oxidation sites excluding steroid dienone is 7. The second-order valence-corrected chi connectivity index (χ2v) is 3.22. The first-order valence-electron chi connectivity index (χ1n) is 5.49. The van der Waals surface area contributed by atoms with Crippen LogP contribution in [-0.4, -0.2) is 0 Å². The van der Waals surface area contributed by atoms with Gasteiger partial charge in [0.1, 0.15) is 0 Å². The van der Waals surface area contributed by atoms with Gasteiger partial charge in [-0.15, -0.1) is 0 Å². The molecule has 0 spiro atoms. The van der Waals surface area contributed by atoms with Crippen molar-refractivity contribution in [3.05, 3.63) is 49.1 Å². The summed E-state index contributed by atoms with van der Waals surface area (Å²) < 4.78 is 0. The maximum Gasteiger partial charge on any atom is -0.0166 e. The molecule has 0 atom stereocenters. The minimum absolute atomic E-state index is 1.01. The maximum atomic E-state index is 3.61. The fourth-order valence-electron chi connectivity index (χ4n) is 1.06. The van der Waals surface area contributed by atoms with Crippen LogP contribution in [0.4, 0.5) is 0 Å². The van der Waals surface area contributed by atoms with Gasteiger partial charge in [-0.2, -0.15) is 0 Å². The third kappa shape index (κ3) is 11.0. The zero-order valence-electron chi connectivity index (χ0n) is 9.28. The molecule has 0 rings (SSSR count). The highest BCUT2D eigenvalue weighted by molar-refractivity contribution is 5.02. The Kier molecular flexibility index (Phi) is 11.1. The van der Waals surface area contributed by atoms with Crippen molar-refractivity contribution in [3.63, 3.8) is 0 Å². The first kappa shape index (κ1) is 13.0. The molecule has 0 bridgehead atoms. The molecule has 0 nitrogen and oxygen atoms in total. The van der Waals surface area contributed by atoms with Crippen molar-refractivity contribution in [2.75, 3.05) is 0 Å². The molecule has 78 valence electrons. The highest BCUT2D eigenvalue weighted by Gasteiger charge is 1.76. The topological polar surface area (TPSA) is 0 Å². The Balaban J connectivity index is 3.29. The average molecular weight is 190 g/mol. The minimum Gasteiger partial charge on any atom is -0.0991 e. The molecule has 0 N–H and O–H groups in total. The Labute approximate surface area is 88.7 Å². The molecule has 0 aliphatic carbocycles. The zero-order valence-corrected chi connectivity index (χ0v) is 9.28. The summed E-state index contributed by atoms with van der Waals surface area (Å²) in [6.45, 7) is 5.84. The lowest BCUT2D eigenvalue weighted by molar-refractivity contribution is 0.813. The molecule has 0 saturated carbocycles. The van der Waals surface area contributed by atoms with Crippen LogP contribution in [0.3, 0.4) is 0 Å². The van der Waals surface area contributed by atoms with Crippen molar-refractivity contribution in [2.45, 2.75) is 39.0 Å². The van der Waals surface area contributed by atoms with E-state index in [1.807, 2.05) is 6.08 Å². The standard InChI is InChI=1S/C14H22/c1-3-5-7-9-11-13-14-12-10-8-6-4-2/h3,5,7,10-13H,1,4,6,8-9,14H2,2H3. The van der Waals surface area contributed by atoms with Crippen molar-refractivity contribution in [3.8, 4) is 0 Å². The summed E-state index contributed by atoms with van der Waals surface area (Å²) in [5, 5.41) is 0. The predicted octanol–water partition coefficient (Wildman–Crippen LogP) is 4.81. The number of hydrogen-bond donors (Lipinski definition) is 0. The van der Waals surface area contributed by atoms with Crippen LogP contribution in [0, 0.1) is 0 Å². The normalized spacial score (nSPS) is 12.1. The van der Waals surface area contributed by atoms with Gasteiger partial charge in [0.2, 0.25) is 0 Å². The lowest BCUT2D eigenvalue weighted by Crippen LogP contribution is -1.66. The van der Waals surface area contributed by atoms with E-state index in [-0.39, 0.29) is 0 Å². The molecule has 0 heteroatoms. The Bertz CT molecular complexity index is 194. The van der Waals surface area contributed by atoms with E-state index in [2.05, 4.69) is 43.9 Å². The minimum atomic E-state index is 1.01. The van der Waals surface area contributed by atoms with Crippen LogP contribution < -0.4 is 0 Å². The first-order chi connectivity index (χ1) is 6.91. The third-order valence-electron chi connectivity index (χ3n) is 1.87. The summed E-state index contributed by atoms with van der Waals surface area (Å²) in [5.41, 5.74) is 0. The van der Waals surface area contributed by atoms with E-state index in [9.17, 15) is 0 Å². The van der Waals surface area contributed by atoms with Gasteiger partial charge in [-0.25, -0.2) is 0 Å². The molecular weight excluding hydrogens is 168 g/mol. The smallest absolute Gasteiger partial charge is 0.0166 e. The molecule has 14 heavy (non-hydrogen) atoms. The molecule has 0 aromatic carbocycles. The van der Waals surface area contributed by atoms with Gasteiger partial charge < -0.3 is 0 Å². The van der Waals surface area contributed by atoms with Gasteiger partial charge >= 0.3 is 0 Å². The highest BCUT2D eigenvalue weighted by atomic mass is 13.8. The van der Waals surface area contributed by atoms with E-state index in [4.69, 9.17) is 0 Å². The number of unbranched alkanes of at least 4 members (excludes halogenated alkanes) is 2. The average Bonchev–Trinajstić information content (AvgIpc) is 2.21. The molecule has 0 amide bonds. The lowest BCUT2D eigenvalue weighted by atomic mass is 10.2. The highest BCUT2D eigenvalue weighted by Crippen LogP contribution is 1.97. The van der Waals surface area contributed by atoms with Crippen molar-refractivity contribution in [1.29, 1.82) is 0 Å². The first-order valence-corrected chi connectivity index (χ1v) is 5.49. The van der Waals surface area contributed by atoms with Crippen molar-refractivity contribution in [2.24, 2.45) is 0 Å². The van der Waals surface area contributed by atoms with Crippen LogP contribution in [0.5, 0.6) is 0 Å². The molecule has 0 saturated heterocycles. The molecule has 0 aliphatic rings. The second-order valence-electron chi connectivity index (χ2n) is 3.22.